The van der Waals surface area contributed by atoms with Crippen LogP contribution in [0.1, 0.15) is 0 Å². The van der Waals surface area contributed by atoms with Gasteiger partial charge >= 0.3 is 0 Å². The third-order valence-electron chi connectivity index (χ3n) is 12.6. The fourth-order valence-corrected chi connectivity index (χ4v) is 10.4. The Bertz CT molecular complexity index is 3990. The second kappa shape index (κ2) is 16.5. The predicted octanol–water partition coefficient (Wildman–Crippen LogP) is 16.3. The first-order valence-corrected chi connectivity index (χ1v) is 23.4. The molecule has 0 saturated heterocycles. The number of fused-ring (bicyclic) bond motifs is 6. The van der Waals surface area contributed by atoms with Gasteiger partial charge in [-0.05, 0) is 57.6 Å². The molecule has 0 unspecified atom stereocenters. The van der Waals surface area contributed by atoms with Gasteiger partial charge in [-0.25, -0.2) is 24.9 Å². The van der Waals surface area contributed by atoms with Crippen molar-refractivity contribution in [1.29, 1.82) is 0 Å². The van der Waals surface area contributed by atoms with Gasteiger partial charge in [0, 0.05) is 48.7 Å². The minimum absolute atomic E-state index is 0.570. The van der Waals surface area contributed by atoms with Gasteiger partial charge in [0.15, 0.2) is 23.3 Å². The number of nitrogens with zero attached hydrogens (tertiary/aromatic N) is 5. The van der Waals surface area contributed by atoms with E-state index < -0.39 is 0 Å². The van der Waals surface area contributed by atoms with E-state index in [1.807, 2.05) is 72.8 Å². The Labute approximate surface area is 395 Å². The van der Waals surface area contributed by atoms with Gasteiger partial charge in [-0.1, -0.05) is 200 Å². The molecule has 4 aromatic heterocycles. The van der Waals surface area contributed by atoms with E-state index in [1.165, 1.54) is 5.56 Å². The molecule has 0 aliphatic rings. The lowest BCUT2D eigenvalue weighted by Gasteiger charge is -2.10. The van der Waals surface area contributed by atoms with Crippen molar-refractivity contribution in [3.05, 3.63) is 224 Å². The van der Waals surface area contributed by atoms with Crippen molar-refractivity contribution in [1.82, 2.24) is 24.9 Å². The van der Waals surface area contributed by atoms with Gasteiger partial charge in [-0.3, -0.25) is 0 Å². The molecule has 0 aliphatic heterocycles. The van der Waals surface area contributed by atoms with Gasteiger partial charge in [0.1, 0.15) is 11.2 Å². The van der Waals surface area contributed by atoms with Crippen LogP contribution in [0, 0.1) is 0 Å². The second-order valence-electron chi connectivity index (χ2n) is 16.8. The van der Waals surface area contributed by atoms with E-state index in [4.69, 9.17) is 29.3 Å². The van der Waals surface area contributed by atoms with E-state index in [1.54, 1.807) is 11.3 Å². The van der Waals surface area contributed by atoms with E-state index in [0.717, 1.165) is 104 Å². The molecule has 318 valence electrons. The minimum atomic E-state index is 0.570. The quantitative estimate of drug-likeness (QED) is 0.151. The fraction of sp³-hybridized carbons (Fsp3) is 0. The van der Waals surface area contributed by atoms with Gasteiger partial charge in [0.25, 0.3) is 0 Å². The van der Waals surface area contributed by atoms with E-state index in [0.29, 0.717) is 23.3 Å². The highest BCUT2D eigenvalue weighted by Gasteiger charge is 2.22. The summed E-state index contributed by atoms with van der Waals surface area (Å²) >= 11 is 1.74. The summed E-state index contributed by atoms with van der Waals surface area (Å²) in [6.45, 7) is 0. The largest absolute Gasteiger partial charge is 0.456 e. The average molecular weight is 888 g/mol. The summed E-state index contributed by atoms with van der Waals surface area (Å²) in [5.41, 5.74) is 14.8. The molecule has 0 amide bonds. The van der Waals surface area contributed by atoms with Gasteiger partial charge in [0.05, 0.1) is 15.9 Å². The number of benzene rings is 9. The lowest BCUT2D eigenvalue weighted by atomic mass is 9.97. The van der Waals surface area contributed by atoms with Crippen molar-refractivity contribution in [3.63, 3.8) is 0 Å². The van der Waals surface area contributed by atoms with Crippen molar-refractivity contribution in [2.75, 3.05) is 0 Å². The fourth-order valence-electron chi connectivity index (χ4n) is 9.26. The molecule has 0 saturated carbocycles. The molecular formula is C61H37N5OS. The van der Waals surface area contributed by atoms with Gasteiger partial charge in [-0.15, -0.1) is 11.3 Å². The topological polar surface area (TPSA) is 77.6 Å². The summed E-state index contributed by atoms with van der Waals surface area (Å²) in [6.07, 6.45) is 0. The van der Waals surface area contributed by atoms with Crippen LogP contribution in [0.4, 0.5) is 0 Å². The SMILES string of the molecule is c1ccc(-c2ccc(-c3nc(-c4ccccc4)nc(-c4cccc5oc6ccc(-c7cccc8sc9c(-c%10ccc(-c%11ccccc%11)cc%10)nc(-c%10ccccc%10)nc9c78)cc6c45)n3)cc2)cc1. The highest BCUT2D eigenvalue weighted by Crippen LogP contribution is 2.45. The summed E-state index contributed by atoms with van der Waals surface area (Å²) < 4.78 is 8.80. The zero-order valence-electron chi connectivity index (χ0n) is 36.4. The molecule has 0 fully saturated rings. The van der Waals surface area contributed by atoms with E-state index >= 15 is 0 Å². The molecule has 0 atom stereocenters. The average Bonchev–Trinajstić information content (AvgIpc) is 4.00. The third-order valence-corrected chi connectivity index (χ3v) is 13.8. The van der Waals surface area contributed by atoms with Crippen LogP contribution >= 0.6 is 11.3 Å². The first-order chi connectivity index (χ1) is 33.7. The van der Waals surface area contributed by atoms with Gasteiger partial charge in [-0.2, -0.15) is 0 Å². The number of aromatic nitrogens is 5. The molecule has 13 aromatic rings. The van der Waals surface area contributed by atoms with Crippen molar-refractivity contribution in [2.24, 2.45) is 0 Å². The lowest BCUT2D eigenvalue weighted by Crippen LogP contribution is -2.00. The molecule has 0 aliphatic carbocycles. The van der Waals surface area contributed by atoms with Crippen LogP contribution in [0.2, 0.25) is 0 Å². The zero-order valence-corrected chi connectivity index (χ0v) is 37.2. The first kappa shape index (κ1) is 39.5. The minimum Gasteiger partial charge on any atom is -0.456 e. The molecule has 0 spiro atoms. The standard InChI is InChI=1S/C61H37N5OS/c1-5-15-38(16-6-1)40-27-31-42(32-28-40)55-57-56(63-58(62-55)43-19-9-3-10-20-43)54-47(23-14-26-52(54)68-57)46-35-36-50-49(37-46)53-48(24-13-25-51(53)67-50)61-65-59(44-21-11-4-12-22-44)64-60(66-61)45-33-29-41(30-34-45)39-17-7-2-8-18-39/h1-37H. The Morgan fingerprint density at radius 2 is 0.779 bits per heavy atom. The normalized spacial score (nSPS) is 11.5. The molecule has 13 rings (SSSR count). The monoisotopic (exact) mass is 887 g/mol. The smallest absolute Gasteiger partial charge is 0.164 e. The van der Waals surface area contributed by atoms with Crippen LogP contribution in [0.15, 0.2) is 229 Å². The highest BCUT2D eigenvalue weighted by molar-refractivity contribution is 7.26. The number of rotatable bonds is 8. The maximum atomic E-state index is 6.61. The van der Waals surface area contributed by atoms with Crippen molar-refractivity contribution >= 4 is 53.6 Å². The Balaban J connectivity index is 0.973. The molecule has 9 aromatic carbocycles. The van der Waals surface area contributed by atoms with Crippen LogP contribution in [0.3, 0.4) is 0 Å². The Morgan fingerprint density at radius 3 is 1.40 bits per heavy atom. The molecule has 0 radical (unpaired) electrons. The summed E-state index contributed by atoms with van der Waals surface area (Å²) in [4.78, 5) is 26.1. The van der Waals surface area contributed by atoms with E-state index in [-0.39, 0.29) is 0 Å². The lowest BCUT2D eigenvalue weighted by molar-refractivity contribution is 0.669. The third kappa shape index (κ3) is 7.01. The van der Waals surface area contributed by atoms with Crippen molar-refractivity contribution in [3.8, 4) is 90.2 Å². The van der Waals surface area contributed by atoms with Crippen LogP contribution in [-0.4, -0.2) is 24.9 Å². The van der Waals surface area contributed by atoms with E-state index in [9.17, 15) is 0 Å². The van der Waals surface area contributed by atoms with Crippen LogP contribution in [-0.2, 0) is 0 Å². The molecule has 68 heavy (non-hydrogen) atoms. The van der Waals surface area contributed by atoms with Crippen molar-refractivity contribution < 1.29 is 4.42 Å². The van der Waals surface area contributed by atoms with Crippen LogP contribution in [0.25, 0.3) is 132 Å². The summed E-state index contributed by atoms with van der Waals surface area (Å²) in [6, 6.07) is 77.5. The molecular weight excluding hydrogens is 851 g/mol. The van der Waals surface area contributed by atoms with Crippen molar-refractivity contribution in [2.45, 2.75) is 0 Å². The molecule has 4 heterocycles. The zero-order chi connectivity index (χ0) is 45.0. The Kier molecular flexibility index (Phi) is 9.58. The number of hydrogen-bond donors (Lipinski definition) is 0. The van der Waals surface area contributed by atoms with Crippen LogP contribution < -0.4 is 0 Å². The molecule has 0 bridgehead atoms. The predicted molar refractivity (Wildman–Crippen MR) is 279 cm³/mol. The molecule has 7 heteroatoms. The Morgan fingerprint density at radius 1 is 0.309 bits per heavy atom. The summed E-state index contributed by atoms with van der Waals surface area (Å²) in [5, 5.41) is 3.01. The van der Waals surface area contributed by atoms with Gasteiger partial charge in [0.2, 0.25) is 0 Å². The first-order valence-electron chi connectivity index (χ1n) is 22.6. The number of hydrogen-bond acceptors (Lipinski definition) is 7. The summed E-state index contributed by atoms with van der Waals surface area (Å²) in [5.74, 6) is 2.45. The summed E-state index contributed by atoms with van der Waals surface area (Å²) in [7, 11) is 0. The highest BCUT2D eigenvalue weighted by atomic mass is 32.1. The Hall–Kier alpha value is -8.91. The maximum absolute atomic E-state index is 6.61. The second-order valence-corrected chi connectivity index (χ2v) is 17.8. The number of thiophene rings is 1. The van der Waals surface area contributed by atoms with E-state index in [2.05, 4.69) is 152 Å². The maximum Gasteiger partial charge on any atom is 0.164 e. The molecule has 0 N–H and O–H groups in total. The van der Waals surface area contributed by atoms with Crippen LogP contribution in [0.5, 0.6) is 0 Å². The van der Waals surface area contributed by atoms with Gasteiger partial charge < -0.3 is 4.42 Å². The molecule has 6 nitrogen and oxygen atoms in total. The number of furan rings is 1.